The molecule has 1 atom stereocenters. The predicted octanol–water partition coefficient (Wildman–Crippen LogP) is 4.36. The van der Waals surface area contributed by atoms with Crippen LogP contribution in [-0.2, 0) is 10.2 Å². The lowest BCUT2D eigenvalue weighted by atomic mass is 10.1. The van der Waals surface area contributed by atoms with Gasteiger partial charge in [-0.2, -0.15) is 8.42 Å². The quantitative estimate of drug-likeness (QED) is 0.710. The van der Waals surface area contributed by atoms with E-state index in [2.05, 4.69) is 0 Å². The zero-order valence-corrected chi connectivity index (χ0v) is 15.8. The number of halogens is 1. The van der Waals surface area contributed by atoms with Gasteiger partial charge >= 0.3 is 10.2 Å². The smallest absolute Gasteiger partial charge is 0.327 e. The Kier molecular flexibility index (Phi) is 4.45. The zero-order chi connectivity index (χ0) is 19.0. The Morgan fingerprint density at radius 2 is 1.59 bits per heavy atom. The molecule has 5 nitrogen and oxygen atoms in total. The monoisotopic (exact) mass is 400 g/mol. The maximum Gasteiger partial charge on any atom is 0.327 e. The van der Waals surface area contributed by atoms with Gasteiger partial charge in [0.25, 0.3) is 0 Å². The molecule has 3 aromatic rings. The van der Waals surface area contributed by atoms with Crippen LogP contribution >= 0.6 is 11.6 Å². The summed E-state index contributed by atoms with van der Waals surface area (Å²) in [5.74, 6) is 0.0964. The van der Waals surface area contributed by atoms with Crippen molar-refractivity contribution in [3.63, 3.8) is 0 Å². The van der Waals surface area contributed by atoms with Gasteiger partial charge in [-0.15, -0.1) is 0 Å². The van der Waals surface area contributed by atoms with E-state index < -0.39 is 16.3 Å². The van der Waals surface area contributed by atoms with Crippen LogP contribution in [0, 0.1) is 0 Å². The zero-order valence-electron chi connectivity index (χ0n) is 14.2. The van der Waals surface area contributed by atoms with Crippen molar-refractivity contribution in [2.45, 2.75) is 6.04 Å². The second-order valence-electron chi connectivity index (χ2n) is 6.26. The van der Waals surface area contributed by atoms with E-state index in [9.17, 15) is 13.5 Å². The maximum atomic E-state index is 13.4. The van der Waals surface area contributed by atoms with E-state index in [1.807, 2.05) is 12.1 Å². The number of phenols is 1. The summed E-state index contributed by atoms with van der Waals surface area (Å²) in [4.78, 5) is 0. The molecule has 3 aromatic carbocycles. The van der Waals surface area contributed by atoms with E-state index >= 15 is 0 Å². The van der Waals surface area contributed by atoms with Gasteiger partial charge in [0, 0.05) is 5.02 Å². The van der Waals surface area contributed by atoms with Crippen molar-refractivity contribution in [3.8, 4) is 5.75 Å². The van der Waals surface area contributed by atoms with E-state index in [4.69, 9.17) is 11.6 Å². The van der Waals surface area contributed by atoms with Crippen molar-refractivity contribution in [1.29, 1.82) is 0 Å². The van der Waals surface area contributed by atoms with Gasteiger partial charge in [-0.25, -0.2) is 4.31 Å². The summed E-state index contributed by atoms with van der Waals surface area (Å²) in [5, 5.41) is 10.4. The van der Waals surface area contributed by atoms with Gasteiger partial charge in [0.1, 0.15) is 5.75 Å². The first-order valence-corrected chi connectivity index (χ1v) is 10.2. The molecule has 1 heterocycles. The van der Waals surface area contributed by atoms with Gasteiger partial charge < -0.3 is 5.11 Å². The highest BCUT2D eigenvalue weighted by molar-refractivity contribution is 7.94. The molecule has 0 spiro atoms. The molecule has 1 unspecified atom stereocenters. The summed E-state index contributed by atoms with van der Waals surface area (Å²) in [7, 11) is -3.82. The van der Waals surface area contributed by atoms with Crippen molar-refractivity contribution in [2.24, 2.45) is 0 Å². The third-order valence-electron chi connectivity index (χ3n) is 4.53. The van der Waals surface area contributed by atoms with E-state index in [1.54, 1.807) is 66.7 Å². The molecule has 0 saturated carbocycles. The first kappa shape index (κ1) is 17.7. The molecule has 4 rings (SSSR count). The molecular weight excluding hydrogens is 384 g/mol. The second-order valence-corrected chi connectivity index (χ2v) is 8.42. The van der Waals surface area contributed by atoms with Crippen molar-refractivity contribution in [3.05, 3.63) is 89.4 Å². The first-order chi connectivity index (χ1) is 13.0. The molecular formula is C20H17ClN2O3S. The lowest BCUT2D eigenvalue weighted by Crippen LogP contribution is -2.33. The van der Waals surface area contributed by atoms with E-state index in [0.29, 0.717) is 22.0 Å². The largest absolute Gasteiger partial charge is 0.508 e. The highest BCUT2D eigenvalue weighted by Crippen LogP contribution is 2.41. The number of benzene rings is 3. The number of hydrogen-bond donors (Lipinski definition) is 1. The SMILES string of the molecule is O=S1(=O)N(c2ccccc2)CC(c2cccc(O)c2)N1c1ccc(Cl)cc1. The van der Waals surface area contributed by atoms with Crippen molar-refractivity contribution in [2.75, 3.05) is 15.2 Å². The Hall–Kier alpha value is -2.70. The third kappa shape index (κ3) is 3.22. The average Bonchev–Trinajstić information content (AvgIpc) is 2.94. The van der Waals surface area contributed by atoms with Crippen LogP contribution in [0.5, 0.6) is 5.75 Å². The van der Waals surface area contributed by atoms with E-state index in [0.717, 1.165) is 0 Å². The van der Waals surface area contributed by atoms with Crippen LogP contribution < -0.4 is 8.61 Å². The minimum absolute atomic E-state index is 0.0964. The number of rotatable bonds is 3. The maximum absolute atomic E-state index is 13.4. The standard InChI is InChI=1S/C20H17ClN2O3S/c21-16-9-11-18(12-10-16)23-20(15-5-4-8-19(24)13-15)14-22(27(23,25)26)17-6-2-1-3-7-17/h1-13,20,24H,14H2. The molecule has 1 aliphatic rings. The summed E-state index contributed by atoms with van der Waals surface area (Å²) in [6.07, 6.45) is 0. The summed E-state index contributed by atoms with van der Waals surface area (Å²) in [5.41, 5.74) is 1.83. The van der Waals surface area contributed by atoms with Gasteiger partial charge in [-0.05, 0) is 54.1 Å². The number of aromatic hydroxyl groups is 1. The Morgan fingerprint density at radius 1 is 0.889 bits per heavy atom. The Balaban J connectivity index is 1.86. The molecule has 0 bridgehead atoms. The van der Waals surface area contributed by atoms with Crippen LogP contribution in [0.15, 0.2) is 78.9 Å². The summed E-state index contributed by atoms with van der Waals surface area (Å²) < 4.78 is 29.6. The lowest BCUT2D eigenvalue weighted by molar-refractivity contribution is 0.474. The van der Waals surface area contributed by atoms with Gasteiger partial charge in [0.2, 0.25) is 0 Å². The molecule has 138 valence electrons. The van der Waals surface area contributed by atoms with Crippen LogP contribution in [0.3, 0.4) is 0 Å². The van der Waals surface area contributed by atoms with Crippen molar-refractivity contribution in [1.82, 2.24) is 0 Å². The number of para-hydroxylation sites is 1. The average molecular weight is 401 g/mol. The fourth-order valence-electron chi connectivity index (χ4n) is 3.30. The van der Waals surface area contributed by atoms with Gasteiger partial charge in [0.15, 0.2) is 0 Å². The van der Waals surface area contributed by atoms with Crippen molar-refractivity contribution < 1.29 is 13.5 Å². The third-order valence-corrected chi connectivity index (χ3v) is 6.66. The van der Waals surface area contributed by atoms with Crippen molar-refractivity contribution >= 4 is 33.2 Å². The molecule has 7 heteroatoms. The lowest BCUT2D eigenvalue weighted by Gasteiger charge is -2.24. The molecule has 1 aliphatic heterocycles. The van der Waals surface area contributed by atoms with Crippen LogP contribution in [0.2, 0.25) is 5.02 Å². The molecule has 1 fully saturated rings. The number of phenolic OH excluding ortho intramolecular Hbond substituents is 1. The normalized spacial score (nSPS) is 18.6. The summed E-state index contributed by atoms with van der Waals surface area (Å²) in [6, 6.07) is 21.9. The molecule has 27 heavy (non-hydrogen) atoms. The molecule has 0 amide bonds. The first-order valence-electron chi connectivity index (χ1n) is 8.38. The summed E-state index contributed by atoms with van der Waals surface area (Å²) in [6.45, 7) is 0.235. The highest BCUT2D eigenvalue weighted by atomic mass is 35.5. The Bertz CT molecular complexity index is 1060. The van der Waals surface area contributed by atoms with Gasteiger partial charge in [-0.1, -0.05) is 41.9 Å². The van der Waals surface area contributed by atoms with Gasteiger partial charge in [-0.3, -0.25) is 4.31 Å². The molecule has 1 saturated heterocycles. The fraction of sp³-hybridized carbons (Fsp3) is 0.100. The summed E-state index contributed by atoms with van der Waals surface area (Å²) >= 11 is 5.98. The number of anilines is 2. The fourth-order valence-corrected chi connectivity index (χ4v) is 5.25. The van der Waals surface area contributed by atoms with Crippen LogP contribution in [0.4, 0.5) is 11.4 Å². The molecule has 0 aromatic heterocycles. The topological polar surface area (TPSA) is 60.9 Å². The predicted molar refractivity (Wildman–Crippen MR) is 107 cm³/mol. The molecule has 1 N–H and O–H groups in total. The molecule has 0 radical (unpaired) electrons. The van der Waals surface area contributed by atoms with E-state index in [-0.39, 0.29) is 12.3 Å². The second kappa shape index (κ2) is 6.79. The van der Waals surface area contributed by atoms with E-state index in [1.165, 1.54) is 8.61 Å². The van der Waals surface area contributed by atoms with Crippen LogP contribution in [0.25, 0.3) is 0 Å². The Labute approximate surface area is 163 Å². The highest BCUT2D eigenvalue weighted by Gasteiger charge is 2.45. The number of hydrogen-bond acceptors (Lipinski definition) is 3. The minimum atomic E-state index is -3.82. The molecule has 0 aliphatic carbocycles. The number of nitrogens with zero attached hydrogens (tertiary/aromatic N) is 2. The van der Waals surface area contributed by atoms with Crippen LogP contribution in [0.1, 0.15) is 11.6 Å². The van der Waals surface area contributed by atoms with Crippen LogP contribution in [-0.4, -0.2) is 20.1 Å². The minimum Gasteiger partial charge on any atom is -0.508 e. The van der Waals surface area contributed by atoms with Gasteiger partial charge in [0.05, 0.1) is 24.0 Å². The Morgan fingerprint density at radius 3 is 2.26 bits per heavy atom.